The Hall–Kier alpha value is -3.52. The van der Waals surface area contributed by atoms with Crippen molar-refractivity contribution in [1.29, 1.82) is 0 Å². The Kier molecular flexibility index (Phi) is 7.54. The highest BCUT2D eigenvalue weighted by Crippen LogP contribution is 2.32. The molecule has 10 nitrogen and oxygen atoms in total. The van der Waals surface area contributed by atoms with Crippen molar-refractivity contribution in [1.82, 2.24) is 19.9 Å². The van der Waals surface area contributed by atoms with Crippen LogP contribution in [0.4, 0.5) is 13.2 Å². The van der Waals surface area contributed by atoms with Gasteiger partial charge >= 0.3 is 0 Å². The second-order valence-electron chi connectivity index (χ2n) is 8.18. The van der Waals surface area contributed by atoms with E-state index in [1.807, 2.05) is 0 Å². The summed E-state index contributed by atoms with van der Waals surface area (Å²) >= 11 is 0. The predicted molar refractivity (Wildman–Crippen MR) is 117 cm³/mol. The van der Waals surface area contributed by atoms with Crippen LogP contribution >= 0.6 is 0 Å². The number of hydrogen-bond donors (Lipinski definition) is 3. The van der Waals surface area contributed by atoms with Gasteiger partial charge in [0.1, 0.15) is 41.6 Å². The number of aliphatic hydroxyl groups is 3. The molecule has 3 N–H and O–H groups in total. The molecule has 13 heteroatoms. The fourth-order valence-electron chi connectivity index (χ4n) is 3.87. The number of carbonyl (C=O) groups excluding carboxylic acids is 1. The molecular weight excluding hydrogens is 485 g/mol. The third-order valence-electron chi connectivity index (χ3n) is 5.83. The minimum atomic E-state index is -1.54. The van der Waals surface area contributed by atoms with Crippen LogP contribution in [0.15, 0.2) is 48.7 Å². The van der Waals surface area contributed by atoms with E-state index in [0.29, 0.717) is 5.56 Å². The van der Waals surface area contributed by atoms with Gasteiger partial charge in [0.15, 0.2) is 24.5 Å². The lowest BCUT2D eigenvalue weighted by molar-refractivity contribution is -0.242. The number of aliphatic hydroxyl groups excluding tert-OH is 3. The van der Waals surface area contributed by atoms with E-state index in [0.717, 1.165) is 27.8 Å². The first-order valence-electron chi connectivity index (χ1n) is 10.8. The average molecular weight is 508 g/mol. The number of amides is 1. The maximum atomic E-state index is 13.6. The monoisotopic (exact) mass is 508 g/mol. The highest BCUT2D eigenvalue weighted by atomic mass is 19.2. The zero-order valence-electron chi connectivity index (χ0n) is 18.9. The Morgan fingerprint density at radius 2 is 1.92 bits per heavy atom. The lowest BCUT2D eigenvalue weighted by Crippen LogP contribution is -2.61. The molecule has 1 amide bonds. The Morgan fingerprint density at radius 3 is 2.61 bits per heavy atom. The van der Waals surface area contributed by atoms with Crippen LogP contribution < -0.4 is 4.74 Å². The molecule has 1 aromatic heterocycles. The Labute approximate surface area is 203 Å². The highest BCUT2D eigenvalue weighted by molar-refractivity contribution is 5.77. The standard InChI is InChI=1S/C23H23F3N4O6/c1-29(19(32)11-35-14-5-6-15(25)16(26)8-14)23-22(34)20(21(33)18(10-31)36-23)30-9-17(27-28-30)12-3-2-4-13(24)7-12/h2-9,18,20-23,31,33-34H,10-11H2,1H3/t18?,20-,21-,22?,23+/m0/s1. The highest BCUT2D eigenvalue weighted by Gasteiger charge is 2.48. The molecule has 4 rings (SSSR count). The molecule has 1 aliphatic rings. The third-order valence-corrected chi connectivity index (χ3v) is 5.83. The smallest absolute Gasteiger partial charge is 0.262 e. The van der Waals surface area contributed by atoms with E-state index < -0.39 is 67.2 Å². The van der Waals surface area contributed by atoms with E-state index in [2.05, 4.69) is 10.3 Å². The molecule has 0 bridgehead atoms. The first kappa shape index (κ1) is 25.6. The van der Waals surface area contributed by atoms with Crippen LogP contribution in [0.1, 0.15) is 6.04 Å². The van der Waals surface area contributed by atoms with Gasteiger partial charge in [-0.05, 0) is 24.3 Å². The van der Waals surface area contributed by atoms with E-state index in [1.165, 1.54) is 31.4 Å². The number of rotatable bonds is 7. The van der Waals surface area contributed by atoms with Crippen molar-refractivity contribution < 1.29 is 42.8 Å². The topological polar surface area (TPSA) is 130 Å². The summed E-state index contributed by atoms with van der Waals surface area (Å²) < 4.78 is 52.0. The van der Waals surface area contributed by atoms with Crippen LogP contribution in [0.2, 0.25) is 0 Å². The molecule has 1 fully saturated rings. The summed E-state index contributed by atoms with van der Waals surface area (Å²) in [5.41, 5.74) is 0.677. The van der Waals surface area contributed by atoms with E-state index >= 15 is 0 Å². The SMILES string of the molecule is CN(C(=O)COc1ccc(F)c(F)c1)[C@@H]1OC(CO)[C@H](O)[C@H](n2cc(-c3cccc(F)c3)nn2)C1O. The van der Waals surface area contributed by atoms with Gasteiger partial charge in [-0.1, -0.05) is 17.3 Å². The van der Waals surface area contributed by atoms with Crippen LogP contribution in [-0.2, 0) is 9.53 Å². The van der Waals surface area contributed by atoms with E-state index in [1.54, 1.807) is 6.07 Å². The van der Waals surface area contributed by atoms with Crippen molar-refractivity contribution in [3.05, 3.63) is 66.1 Å². The van der Waals surface area contributed by atoms with Crippen molar-refractivity contribution in [2.75, 3.05) is 20.3 Å². The van der Waals surface area contributed by atoms with Crippen molar-refractivity contribution >= 4 is 5.91 Å². The molecule has 2 unspecified atom stereocenters. The van der Waals surface area contributed by atoms with Gasteiger partial charge in [0.2, 0.25) is 0 Å². The van der Waals surface area contributed by atoms with Crippen LogP contribution in [0.25, 0.3) is 11.3 Å². The molecule has 0 radical (unpaired) electrons. The van der Waals surface area contributed by atoms with Gasteiger partial charge in [-0.2, -0.15) is 0 Å². The van der Waals surface area contributed by atoms with Gasteiger partial charge in [-0.25, -0.2) is 17.9 Å². The Balaban J connectivity index is 1.52. The fraction of sp³-hybridized carbons (Fsp3) is 0.348. The van der Waals surface area contributed by atoms with Gasteiger partial charge in [0.05, 0.1) is 12.8 Å². The van der Waals surface area contributed by atoms with Crippen LogP contribution in [0, 0.1) is 17.5 Å². The summed E-state index contributed by atoms with van der Waals surface area (Å²) in [5, 5.41) is 39.4. The van der Waals surface area contributed by atoms with Gasteiger partial charge in [0, 0.05) is 18.7 Å². The molecule has 36 heavy (non-hydrogen) atoms. The average Bonchev–Trinajstić information content (AvgIpc) is 3.34. The Morgan fingerprint density at radius 1 is 1.14 bits per heavy atom. The fourth-order valence-corrected chi connectivity index (χ4v) is 3.87. The summed E-state index contributed by atoms with van der Waals surface area (Å²) in [6.45, 7) is -1.24. The zero-order chi connectivity index (χ0) is 26.0. The first-order valence-corrected chi connectivity index (χ1v) is 10.8. The molecule has 5 atom stereocenters. The molecule has 3 aromatic rings. The van der Waals surface area contributed by atoms with Gasteiger partial charge in [-0.3, -0.25) is 4.79 Å². The molecule has 2 aromatic carbocycles. The molecule has 0 saturated carbocycles. The molecule has 2 heterocycles. The van der Waals surface area contributed by atoms with Crippen molar-refractivity contribution in [2.45, 2.75) is 30.6 Å². The molecule has 0 aliphatic carbocycles. The summed E-state index contributed by atoms with van der Waals surface area (Å²) in [5.74, 6) is -3.49. The lowest BCUT2D eigenvalue weighted by Gasteiger charge is -2.45. The molecule has 192 valence electrons. The van der Waals surface area contributed by atoms with E-state index in [4.69, 9.17) is 9.47 Å². The van der Waals surface area contributed by atoms with E-state index in [-0.39, 0.29) is 11.4 Å². The Bertz CT molecular complexity index is 1230. The summed E-state index contributed by atoms with van der Waals surface area (Å²) in [6.07, 6.45) is -4.14. The van der Waals surface area contributed by atoms with Crippen molar-refractivity contribution in [3.8, 4) is 17.0 Å². The number of ether oxygens (including phenoxy) is 2. The number of nitrogens with zero attached hydrogens (tertiary/aromatic N) is 4. The van der Waals surface area contributed by atoms with Crippen LogP contribution in [-0.4, -0.2) is 85.9 Å². The van der Waals surface area contributed by atoms with Crippen LogP contribution in [0.3, 0.4) is 0 Å². The summed E-state index contributed by atoms with van der Waals surface area (Å²) in [7, 11) is 1.30. The number of benzene rings is 2. The minimum absolute atomic E-state index is 0.0882. The van der Waals surface area contributed by atoms with Crippen LogP contribution in [0.5, 0.6) is 5.75 Å². The van der Waals surface area contributed by atoms with Crippen molar-refractivity contribution in [3.63, 3.8) is 0 Å². The zero-order valence-corrected chi connectivity index (χ0v) is 18.9. The lowest BCUT2D eigenvalue weighted by atomic mass is 9.95. The summed E-state index contributed by atoms with van der Waals surface area (Å²) in [4.78, 5) is 13.7. The quantitative estimate of drug-likeness (QED) is 0.429. The molecule has 0 spiro atoms. The molecular formula is C23H23F3N4O6. The maximum Gasteiger partial charge on any atom is 0.262 e. The second kappa shape index (κ2) is 10.6. The largest absolute Gasteiger partial charge is 0.484 e. The number of aromatic nitrogens is 3. The minimum Gasteiger partial charge on any atom is -0.484 e. The van der Waals surface area contributed by atoms with E-state index in [9.17, 15) is 33.3 Å². The maximum absolute atomic E-state index is 13.6. The number of carbonyl (C=O) groups is 1. The van der Waals surface area contributed by atoms with Crippen molar-refractivity contribution in [2.24, 2.45) is 0 Å². The normalized spacial score (nSPS) is 23.9. The third kappa shape index (κ3) is 5.18. The molecule has 1 saturated heterocycles. The molecule has 1 aliphatic heterocycles. The van der Waals surface area contributed by atoms with Gasteiger partial charge in [-0.15, -0.1) is 5.10 Å². The predicted octanol–water partition coefficient (Wildman–Crippen LogP) is 0.880. The van der Waals surface area contributed by atoms with Gasteiger partial charge < -0.3 is 29.7 Å². The summed E-state index contributed by atoms with van der Waals surface area (Å²) in [6, 6.07) is 7.18. The second-order valence-corrected chi connectivity index (χ2v) is 8.18. The first-order chi connectivity index (χ1) is 17.2. The number of likely N-dealkylation sites (N-methyl/N-ethyl adjacent to an activating group) is 1. The number of halogens is 3. The van der Waals surface area contributed by atoms with Gasteiger partial charge in [0.25, 0.3) is 5.91 Å². The number of hydrogen-bond acceptors (Lipinski definition) is 8.